The lowest BCUT2D eigenvalue weighted by Gasteiger charge is -2.15. The third-order valence-corrected chi connectivity index (χ3v) is 4.69. The van der Waals surface area contributed by atoms with Crippen LogP contribution in [0.3, 0.4) is 0 Å². The number of aryl methyl sites for hydroxylation is 3. The maximum atomic E-state index is 12.5. The Morgan fingerprint density at radius 3 is 2.39 bits per heavy atom. The van der Waals surface area contributed by atoms with Gasteiger partial charge >= 0.3 is 5.69 Å². The molecule has 10 nitrogen and oxygen atoms in total. The van der Waals surface area contributed by atoms with Crippen molar-refractivity contribution in [3.8, 4) is 17.3 Å². The highest BCUT2D eigenvalue weighted by Gasteiger charge is 2.19. The van der Waals surface area contributed by atoms with Crippen LogP contribution in [0.1, 0.15) is 22.3 Å². The van der Waals surface area contributed by atoms with Gasteiger partial charge in [-0.05, 0) is 44.0 Å². The molecule has 3 aromatic rings. The van der Waals surface area contributed by atoms with E-state index in [-0.39, 0.29) is 22.7 Å². The molecule has 0 bridgehead atoms. The summed E-state index contributed by atoms with van der Waals surface area (Å²) in [6.45, 7) is 5.46. The fraction of sp³-hybridized carbons (Fsp3) is 0.190. The minimum atomic E-state index is -0.874. The van der Waals surface area contributed by atoms with Crippen LogP contribution in [0.2, 0.25) is 0 Å². The summed E-state index contributed by atoms with van der Waals surface area (Å²) < 4.78 is 5.96. The molecule has 2 N–H and O–H groups in total. The van der Waals surface area contributed by atoms with Crippen molar-refractivity contribution in [2.24, 2.45) is 4.99 Å². The van der Waals surface area contributed by atoms with Crippen LogP contribution in [0.5, 0.6) is 11.6 Å². The zero-order valence-electron chi connectivity index (χ0n) is 17.3. The van der Waals surface area contributed by atoms with Gasteiger partial charge in [0, 0.05) is 6.21 Å². The number of ether oxygens (including phenoxy) is 1. The van der Waals surface area contributed by atoms with Crippen molar-refractivity contribution < 1.29 is 14.8 Å². The van der Waals surface area contributed by atoms with Crippen LogP contribution < -0.4 is 16.0 Å². The zero-order chi connectivity index (χ0) is 22.9. The second-order valence-corrected chi connectivity index (χ2v) is 6.95. The van der Waals surface area contributed by atoms with Gasteiger partial charge in [-0.1, -0.05) is 17.7 Å². The number of benzene rings is 2. The fourth-order valence-electron chi connectivity index (χ4n) is 3.41. The van der Waals surface area contributed by atoms with E-state index in [1.54, 1.807) is 13.8 Å². The molecule has 0 spiro atoms. The fourth-order valence-corrected chi connectivity index (χ4v) is 3.41. The average Bonchev–Trinajstić information content (AvgIpc) is 2.69. The number of methoxy groups -OCH3 is 1. The molecule has 0 amide bonds. The van der Waals surface area contributed by atoms with E-state index >= 15 is 0 Å². The Morgan fingerprint density at radius 2 is 1.81 bits per heavy atom. The molecule has 0 aliphatic carbocycles. The SMILES string of the molecule is COc1ccc(N=Cc2c(O)n(-c3c(C)cc(C)cc3C)c(=O)[nH]c2=O)c([N+](=O)[O-])c1. The van der Waals surface area contributed by atoms with E-state index in [9.17, 15) is 24.8 Å². The van der Waals surface area contributed by atoms with Gasteiger partial charge in [0.05, 0.1) is 23.8 Å². The molecule has 3 rings (SSSR count). The number of rotatable bonds is 5. The monoisotopic (exact) mass is 424 g/mol. The minimum Gasteiger partial charge on any atom is -0.496 e. The number of H-pyrrole nitrogens is 1. The second-order valence-electron chi connectivity index (χ2n) is 6.95. The van der Waals surface area contributed by atoms with Crippen LogP contribution in [-0.4, -0.2) is 32.9 Å². The lowest BCUT2D eigenvalue weighted by atomic mass is 10.0. The lowest BCUT2D eigenvalue weighted by molar-refractivity contribution is -0.384. The number of nitro benzene ring substituents is 1. The highest BCUT2D eigenvalue weighted by Crippen LogP contribution is 2.31. The summed E-state index contributed by atoms with van der Waals surface area (Å²) in [6, 6.07) is 7.70. The maximum absolute atomic E-state index is 12.5. The number of nitrogens with zero attached hydrogens (tertiary/aromatic N) is 3. The van der Waals surface area contributed by atoms with Crippen molar-refractivity contribution in [2.45, 2.75) is 20.8 Å². The van der Waals surface area contributed by atoms with E-state index in [1.807, 2.05) is 19.1 Å². The number of nitrogens with one attached hydrogen (secondary N) is 1. The quantitative estimate of drug-likeness (QED) is 0.367. The number of aromatic nitrogens is 2. The number of hydrogen-bond donors (Lipinski definition) is 2. The van der Waals surface area contributed by atoms with Crippen LogP contribution in [0.15, 0.2) is 44.9 Å². The average molecular weight is 424 g/mol. The molecule has 0 saturated carbocycles. The Morgan fingerprint density at radius 1 is 1.16 bits per heavy atom. The largest absolute Gasteiger partial charge is 0.496 e. The summed E-state index contributed by atoms with van der Waals surface area (Å²) in [5, 5.41) is 22.1. The lowest BCUT2D eigenvalue weighted by Crippen LogP contribution is -2.32. The van der Waals surface area contributed by atoms with Gasteiger partial charge in [0.25, 0.3) is 11.2 Å². The first-order valence-electron chi connectivity index (χ1n) is 9.17. The zero-order valence-corrected chi connectivity index (χ0v) is 17.3. The third kappa shape index (κ3) is 4.08. The molecule has 160 valence electrons. The Balaban J connectivity index is 2.20. The highest BCUT2D eigenvalue weighted by atomic mass is 16.6. The molecule has 0 unspecified atom stereocenters. The summed E-state index contributed by atoms with van der Waals surface area (Å²) in [4.78, 5) is 41.7. The van der Waals surface area contributed by atoms with E-state index in [0.29, 0.717) is 5.69 Å². The molecule has 10 heteroatoms. The smallest absolute Gasteiger partial charge is 0.335 e. The maximum Gasteiger partial charge on any atom is 0.335 e. The predicted molar refractivity (Wildman–Crippen MR) is 115 cm³/mol. The standard InChI is InChI=1S/C21H20N4O6/c1-11-7-12(2)18(13(3)8-11)24-20(27)15(19(26)23-21(24)28)10-22-16-6-5-14(31-4)9-17(16)25(29)30/h5-10,27H,1-4H3,(H,23,26,28). The molecular formula is C21H20N4O6. The van der Waals surface area contributed by atoms with E-state index < -0.39 is 22.1 Å². The molecule has 0 saturated heterocycles. The van der Waals surface area contributed by atoms with Crippen molar-refractivity contribution in [3.05, 3.63) is 83.5 Å². The Bertz CT molecular complexity index is 1310. The number of hydrogen-bond acceptors (Lipinski definition) is 7. The highest BCUT2D eigenvalue weighted by molar-refractivity contribution is 5.85. The number of aliphatic imine (C=N–C) groups is 1. The first-order chi connectivity index (χ1) is 14.6. The van der Waals surface area contributed by atoms with E-state index in [4.69, 9.17) is 4.74 Å². The first kappa shape index (κ1) is 21.5. The molecule has 0 aliphatic rings. The van der Waals surface area contributed by atoms with Crippen molar-refractivity contribution >= 4 is 17.6 Å². The van der Waals surface area contributed by atoms with Crippen molar-refractivity contribution in [3.63, 3.8) is 0 Å². The van der Waals surface area contributed by atoms with Crippen LogP contribution >= 0.6 is 0 Å². The van der Waals surface area contributed by atoms with E-state index in [2.05, 4.69) is 9.98 Å². The number of aromatic hydroxyl groups is 1. The van der Waals surface area contributed by atoms with Gasteiger partial charge in [0.1, 0.15) is 17.0 Å². The molecule has 0 fully saturated rings. The van der Waals surface area contributed by atoms with Gasteiger partial charge in [0.15, 0.2) is 0 Å². The summed E-state index contributed by atoms with van der Waals surface area (Å²) in [5.74, 6) is -0.353. The van der Waals surface area contributed by atoms with Crippen molar-refractivity contribution in [2.75, 3.05) is 7.11 Å². The molecule has 0 radical (unpaired) electrons. The molecule has 1 aromatic heterocycles. The predicted octanol–water partition coefficient (Wildman–Crippen LogP) is 2.82. The van der Waals surface area contributed by atoms with E-state index in [0.717, 1.165) is 27.5 Å². The summed E-state index contributed by atoms with van der Waals surface area (Å²) in [5.41, 5.74) is 0.440. The first-order valence-corrected chi connectivity index (χ1v) is 9.17. The molecule has 31 heavy (non-hydrogen) atoms. The minimum absolute atomic E-state index is 0.0509. The van der Waals surface area contributed by atoms with E-state index in [1.165, 1.54) is 25.3 Å². The number of aromatic amines is 1. The molecule has 1 heterocycles. The van der Waals surface area contributed by atoms with Gasteiger partial charge in [-0.3, -0.25) is 19.9 Å². The summed E-state index contributed by atoms with van der Waals surface area (Å²) in [7, 11) is 1.37. The number of nitro groups is 1. The topological polar surface area (TPSA) is 140 Å². The second kappa shape index (κ2) is 8.27. The molecule has 0 atom stereocenters. The van der Waals surface area contributed by atoms with Crippen molar-refractivity contribution in [1.82, 2.24) is 9.55 Å². The van der Waals surface area contributed by atoms with Gasteiger partial charge in [-0.2, -0.15) is 0 Å². The molecule has 2 aromatic carbocycles. The Kier molecular flexibility index (Phi) is 5.73. The van der Waals surface area contributed by atoms with Crippen LogP contribution in [-0.2, 0) is 0 Å². The van der Waals surface area contributed by atoms with Crippen LogP contribution in [0.25, 0.3) is 5.69 Å². The third-order valence-electron chi connectivity index (χ3n) is 4.69. The van der Waals surface area contributed by atoms with Crippen molar-refractivity contribution in [1.29, 1.82) is 0 Å². The van der Waals surface area contributed by atoms with Gasteiger partial charge in [-0.25, -0.2) is 14.4 Å². The molecule has 0 aliphatic heterocycles. The molecular weight excluding hydrogens is 404 g/mol. The van der Waals surface area contributed by atoms with Crippen LogP contribution in [0, 0.1) is 30.9 Å². The summed E-state index contributed by atoms with van der Waals surface area (Å²) >= 11 is 0. The van der Waals surface area contributed by atoms with Gasteiger partial charge in [0.2, 0.25) is 5.88 Å². The Labute approximate surface area is 176 Å². The van der Waals surface area contributed by atoms with Gasteiger partial charge < -0.3 is 9.84 Å². The summed E-state index contributed by atoms with van der Waals surface area (Å²) in [6.07, 6.45) is 0.984. The van der Waals surface area contributed by atoms with Gasteiger partial charge in [-0.15, -0.1) is 0 Å². The van der Waals surface area contributed by atoms with Crippen LogP contribution in [0.4, 0.5) is 11.4 Å². The Hall–Kier alpha value is -4.21. The normalized spacial score (nSPS) is 11.1.